The maximum Gasteiger partial charge on any atom is 0.408 e. The van der Waals surface area contributed by atoms with Gasteiger partial charge in [0.2, 0.25) is 12.5 Å². The average Bonchev–Trinajstić information content (AvgIpc) is 2.62. The summed E-state index contributed by atoms with van der Waals surface area (Å²) in [5, 5.41) is 14.4. The normalized spacial score (nSPS) is 10.9. The van der Waals surface area contributed by atoms with Gasteiger partial charge in [0.1, 0.15) is 25.8 Å². The molecule has 2 amide bonds. The summed E-state index contributed by atoms with van der Waals surface area (Å²) in [6, 6.07) is 7.39. The number of aliphatic carboxylic acids is 1. The van der Waals surface area contributed by atoms with E-state index in [0.717, 1.165) is 5.56 Å². The molecular weight excluding hydrogens is 348 g/mol. The predicted octanol–water partition coefficient (Wildman–Crippen LogP) is -1.87. The van der Waals surface area contributed by atoms with E-state index in [0.29, 0.717) is 0 Å². The molecule has 0 saturated heterocycles. The lowest BCUT2D eigenvalue weighted by Crippen LogP contribution is -2.66. The van der Waals surface area contributed by atoms with Crippen LogP contribution in [-0.2, 0) is 30.5 Å². The van der Waals surface area contributed by atoms with Crippen LogP contribution in [0.1, 0.15) is 5.56 Å². The van der Waals surface area contributed by atoms with Crippen molar-refractivity contribution in [1.29, 1.82) is 0 Å². The van der Waals surface area contributed by atoms with E-state index in [2.05, 4.69) is 10.6 Å². The topological polar surface area (TPSA) is 167 Å². The lowest BCUT2D eigenvalue weighted by atomic mass is 10.2. The van der Waals surface area contributed by atoms with Crippen LogP contribution in [-0.4, -0.2) is 54.8 Å². The molecule has 0 saturated carbocycles. The molecule has 0 radical (unpaired) electrons. The smallest absolute Gasteiger partial charge is 0.408 e. The fourth-order valence-electron chi connectivity index (χ4n) is 1.67. The number of nitrogens with one attached hydrogen (secondary N) is 3. The Bertz CT molecular complexity index is 651. The van der Waals surface area contributed by atoms with Crippen LogP contribution in [0.3, 0.4) is 0 Å². The second-order valence-corrected chi connectivity index (χ2v) is 4.89. The standard InChI is InChI=1S/C15H18N4O7/c16-18-7-13(22)25-9-11(14(23)17-6-12(20)21)19-15(24)26-8-10-4-2-1-3-5-10/h1-5,11,18H,6-9H2,(H,17,23)(H,19,24)(H,20,21). The lowest BCUT2D eigenvalue weighted by molar-refractivity contribution is -0.470. The number of nitrogens with zero attached hydrogens (tertiary/aromatic N) is 1. The monoisotopic (exact) mass is 366 g/mol. The minimum absolute atomic E-state index is 0.0512. The van der Waals surface area contributed by atoms with Crippen LogP contribution in [0.25, 0.3) is 5.53 Å². The maximum absolute atomic E-state index is 11.9. The SMILES string of the molecule is [N-]=[NH+]CC(=O)OCC(NC(=O)OCc1ccccc1)C(=O)NCC(=O)O. The summed E-state index contributed by atoms with van der Waals surface area (Å²) in [7, 11) is 0. The quantitative estimate of drug-likeness (QED) is 0.278. The molecule has 1 rings (SSSR count). The number of carbonyl (C=O) groups excluding carboxylic acids is 3. The zero-order chi connectivity index (χ0) is 19.4. The number of benzene rings is 1. The Morgan fingerprint density at radius 1 is 1.15 bits per heavy atom. The van der Waals surface area contributed by atoms with Crippen molar-refractivity contribution in [3.63, 3.8) is 0 Å². The molecule has 1 aromatic carbocycles. The highest BCUT2D eigenvalue weighted by atomic mass is 16.6. The summed E-state index contributed by atoms with van der Waals surface area (Å²) in [5.41, 5.74) is 9.11. The van der Waals surface area contributed by atoms with Crippen LogP contribution in [0.5, 0.6) is 0 Å². The fraction of sp³-hybridized carbons (Fsp3) is 0.333. The van der Waals surface area contributed by atoms with Gasteiger partial charge in [0.05, 0.1) is 0 Å². The van der Waals surface area contributed by atoms with Crippen LogP contribution in [0, 0.1) is 0 Å². The van der Waals surface area contributed by atoms with E-state index in [1.165, 1.54) is 0 Å². The summed E-state index contributed by atoms with van der Waals surface area (Å²) in [6.45, 7) is -1.83. The van der Waals surface area contributed by atoms with Crippen molar-refractivity contribution >= 4 is 23.9 Å². The number of ether oxygens (including phenoxy) is 2. The number of esters is 1. The van der Waals surface area contributed by atoms with Crippen LogP contribution in [0.15, 0.2) is 30.3 Å². The van der Waals surface area contributed by atoms with Gasteiger partial charge in [-0.2, -0.15) is 0 Å². The molecule has 140 valence electrons. The molecule has 0 heterocycles. The third-order valence-electron chi connectivity index (χ3n) is 2.87. The van der Waals surface area contributed by atoms with Gasteiger partial charge in [0, 0.05) is 0 Å². The molecule has 11 heteroatoms. The number of carbonyl (C=O) groups is 4. The molecule has 11 nitrogen and oxygen atoms in total. The molecule has 0 aliphatic heterocycles. The largest absolute Gasteiger partial charge is 0.508 e. The van der Waals surface area contributed by atoms with Crippen LogP contribution in [0.4, 0.5) is 4.79 Å². The second kappa shape index (κ2) is 11.1. The van der Waals surface area contributed by atoms with Gasteiger partial charge in [0.25, 0.3) is 0 Å². The molecule has 0 fully saturated rings. The summed E-state index contributed by atoms with van der Waals surface area (Å²) in [5.74, 6) is -3.05. The number of carboxylic acid groups (broad SMARTS) is 1. The molecule has 1 unspecified atom stereocenters. The van der Waals surface area contributed by atoms with Gasteiger partial charge in [-0.1, -0.05) is 30.3 Å². The highest BCUT2D eigenvalue weighted by molar-refractivity contribution is 5.88. The predicted molar refractivity (Wildman–Crippen MR) is 84.3 cm³/mol. The molecule has 1 atom stereocenters. The summed E-state index contributed by atoms with van der Waals surface area (Å²) >= 11 is 0. The Balaban J connectivity index is 2.59. The molecular formula is C15H18N4O7. The number of amides is 2. The first-order valence-corrected chi connectivity index (χ1v) is 7.41. The highest BCUT2D eigenvalue weighted by Crippen LogP contribution is 2.01. The van der Waals surface area contributed by atoms with E-state index < -0.39 is 49.7 Å². The molecule has 0 aliphatic rings. The fourth-order valence-corrected chi connectivity index (χ4v) is 1.67. The van der Waals surface area contributed by atoms with Gasteiger partial charge in [0.15, 0.2) is 0 Å². The first-order chi connectivity index (χ1) is 12.4. The number of hydrogen-bond acceptors (Lipinski definition) is 6. The molecule has 0 aromatic heterocycles. The van der Waals surface area contributed by atoms with E-state index in [4.69, 9.17) is 20.1 Å². The highest BCUT2D eigenvalue weighted by Gasteiger charge is 2.24. The maximum atomic E-state index is 11.9. The number of hydrogen-bond donors (Lipinski definition) is 4. The minimum Gasteiger partial charge on any atom is -0.508 e. The van der Waals surface area contributed by atoms with E-state index in [1.807, 2.05) is 0 Å². The van der Waals surface area contributed by atoms with E-state index in [1.54, 1.807) is 35.4 Å². The summed E-state index contributed by atoms with van der Waals surface area (Å²) in [4.78, 5) is 45.5. The summed E-state index contributed by atoms with van der Waals surface area (Å²) in [6.07, 6.45) is -0.958. The minimum atomic E-state index is -1.37. The third-order valence-corrected chi connectivity index (χ3v) is 2.87. The zero-order valence-corrected chi connectivity index (χ0v) is 13.6. The van der Waals surface area contributed by atoms with E-state index >= 15 is 0 Å². The Labute approximate surface area is 148 Å². The number of rotatable bonds is 10. The molecule has 0 aliphatic carbocycles. The molecule has 0 spiro atoms. The Hall–Kier alpha value is -3.50. The van der Waals surface area contributed by atoms with Crippen molar-refractivity contribution in [3.8, 4) is 0 Å². The van der Waals surface area contributed by atoms with Crippen molar-refractivity contribution < 1.29 is 38.9 Å². The van der Waals surface area contributed by atoms with Crippen LogP contribution >= 0.6 is 0 Å². The van der Waals surface area contributed by atoms with E-state index in [9.17, 15) is 19.2 Å². The van der Waals surface area contributed by atoms with Gasteiger partial charge in [-0.25, -0.2) is 9.59 Å². The number of carboxylic acids is 1. The van der Waals surface area contributed by atoms with Crippen molar-refractivity contribution in [2.45, 2.75) is 12.6 Å². The van der Waals surface area contributed by atoms with Gasteiger partial charge in [-0.3, -0.25) is 9.59 Å². The first kappa shape index (κ1) is 20.5. The Morgan fingerprint density at radius 2 is 1.85 bits per heavy atom. The van der Waals surface area contributed by atoms with Crippen LogP contribution in [0.2, 0.25) is 0 Å². The summed E-state index contributed by atoms with van der Waals surface area (Å²) < 4.78 is 9.65. The molecule has 0 bridgehead atoms. The van der Waals surface area contributed by atoms with Crippen molar-refractivity contribution in [2.75, 3.05) is 19.7 Å². The van der Waals surface area contributed by atoms with Crippen molar-refractivity contribution in [1.82, 2.24) is 10.6 Å². The Morgan fingerprint density at radius 3 is 2.46 bits per heavy atom. The molecule has 4 N–H and O–H groups in total. The number of alkyl carbamates (subject to hydrolysis) is 1. The van der Waals surface area contributed by atoms with Gasteiger partial charge >= 0.3 is 18.0 Å². The zero-order valence-electron chi connectivity index (χ0n) is 13.6. The van der Waals surface area contributed by atoms with Crippen molar-refractivity contribution in [2.24, 2.45) is 0 Å². The second-order valence-electron chi connectivity index (χ2n) is 4.89. The Kier molecular flexibility index (Phi) is 8.79. The van der Waals surface area contributed by atoms with Crippen molar-refractivity contribution in [3.05, 3.63) is 41.4 Å². The van der Waals surface area contributed by atoms with Gasteiger partial charge < -0.3 is 35.9 Å². The van der Waals surface area contributed by atoms with Gasteiger partial charge in [-0.05, 0) is 5.56 Å². The average molecular weight is 366 g/mol. The van der Waals surface area contributed by atoms with E-state index in [-0.39, 0.29) is 6.61 Å². The third kappa shape index (κ3) is 8.38. The van der Waals surface area contributed by atoms with Crippen LogP contribution < -0.4 is 15.7 Å². The lowest BCUT2D eigenvalue weighted by Gasteiger charge is -2.17. The van der Waals surface area contributed by atoms with Gasteiger partial charge in [-0.15, -0.1) is 0 Å². The molecule has 26 heavy (non-hydrogen) atoms. The first-order valence-electron chi connectivity index (χ1n) is 7.41. The molecule has 1 aromatic rings.